The highest BCUT2D eigenvalue weighted by atomic mass is 127. The van der Waals surface area contributed by atoms with Gasteiger partial charge in [0, 0.05) is 26.1 Å². The molecule has 0 fully saturated rings. The highest BCUT2D eigenvalue weighted by Crippen LogP contribution is 2.22. The van der Waals surface area contributed by atoms with E-state index in [9.17, 15) is 4.39 Å². The van der Waals surface area contributed by atoms with Gasteiger partial charge in [-0.05, 0) is 17.7 Å². The summed E-state index contributed by atoms with van der Waals surface area (Å²) in [7, 11) is 3.55. The Balaban J connectivity index is 0.00000289. The van der Waals surface area contributed by atoms with Gasteiger partial charge in [-0.3, -0.25) is 4.99 Å². The maximum absolute atomic E-state index is 12.9. The van der Waals surface area contributed by atoms with Crippen LogP contribution in [0.5, 0.6) is 0 Å². The van der Waals surface area contributed by atoms with Gasteiger partial charge in [-0.2, -0.15) is 0 Å². The second-order valence-electron chi connectivity index (χ2n) is 4.57. The van der Waals surface area contributed by atoms with E-state index < -0.39 is 0 Å². The van der Waals surface area contributed by atoms with Crippen molar-refractivity contribution < 1.29 is 4.39 Å². The van der Waals surface area contributed by atoms with Crippen LogP contribution in [0.2, 0.25) is 0 Å². The first-order valence-electron chi connectivity index (χ1n) is 5.64. The Morgan fingerprint density at radius 1 is 1.28 bits per heavy atom. The molecule has 0 saturated carbocycles. The zero-order valence-electron chi connectivity index (χ0n) is 11.2. The van der Waals surface area contributed by atoms with E-state index in [1.807, 2.05) is 19.2 Å². The minimum Gasteiger partial charge on any atom is -0.359 e. The lowest BCUT2D eigenvalue weighted by molar-refractivity contribution is 0.508. The molecule has 0 atom stereocenters. The van der Waals surface area contributed by atoms with E-state index in [0.29, 0.717) is 0 Å². The second kappa shape index (κ2) is 7.56. The van der Waals surface area contributed by atoms with Gasteiger partial charge in [-0.1, -0.05) is 26.0 Å². The molecule has 18 heavy (non-hydrogen) atoms. The van der Waals surface area contributed by atoms with E-state index in [1.165, 1.54) is 12.1 Å². The van der Waals surface area contributed by atoms with Crippen LogP contribution in [0.25, 0.3) is 0 Å². The fourth-order valence-corrected chi connectivity index (χ4v) is 1.59. The number of rotatable bonds is 3. The summed E-state index contributed by atoms with van der Waals surface area (Å²) < 4.78 is 12.9. The van der Waals surface area contributed by atoms with Crippen molar-refractivity contribution >= 4 is 29.9 Å². The molecule has 0 aliphatic rings. The molecule has 0 aliphatic heterocycles. The fourth-order valence-electron chi connectivity index (χ4n) is 1.59. The summed E-state index contributed by atoms with van der Waals surface area (Å²) in [6, 6.07) is 6.62. The lowest BCUT2D eigenvalue weighted by Crippen LogP contribution is -2.42. The van der Waals surface area contributed by atoms with Gasteiger partial charge in [0.25, 0.3) is 0 Å². The molecule has 1 rings (SSSR count). The van der Waals surface area contributed by atoms with Crippen molar-refractivity contribution in [1.29, 1.82) is 0 Å². The van der Waals surface area contributed by atoms with Gasteiger partial charge in [0.15, 0.2) is 5.96 Å². The predicted octanol–water partition coefficient (Wildman–Crippen LogP) is 2.52. The summed E-state index contributed by atoms with van der Waals surface area (Å²) in [4.78, 5) is 4.05. The van der Waals surface area contributed by atoms with Gasteiger partial charge < -0.3 is 10.6 Å². The van der Waals surface area contributed by atoms with E-state index >= 15 is 0 Å². The molecular formula is C13H21FIN3. The van der Waals surface area contributed by atoms with Crippen LogP contribution in [0, 0.1) is 5.82 Å². The molecule has 0 saturated heterocycles. The van der Waals surface area contributed by atoms with Crippen LogP contribution in [0.1, 0.15) is 19.4 Å². The Bertz CT molecular complexity index is 388. The number of hydrogen-bond donors (Lipinski definition) is 2. The molecule has 0 aliphatic carbocycles. The SMILES string of the molecule is CN=C(NC)NCC(C)(C)c1ccc(F)cc1.I. The Morgan fingerprint density at radius 2 is 1.83 bits per heavy atom. The molecular weight excluding hydrogens is 344 g/mol. The third-order valence-electron chi connectivity index (χ3n) is 2.78. The van der Waals surface area contributed by atoms with Gasteiger partial charge >= 0.3 is 0 Å². The van der Waals surface area contributed by atoms with Crippen molar-refractivity contribution in [1.82, 2.24) is 10.6 Å². The van der Waals surface area contributed by atoms with Crippen LogP contribution in [-0.2, 0) is 5.41 Å². The number of benzene rings is 1. The van der Waals surface area contributed by atoms with Crippen molar-refractivity contribution in [3.63, 3.8) is 0 Å². The first-order valence-corrected chi connectivity index (χ1v) is 5.64. The zero-order valence-corrected chi connectivity index (χ0v) is 13.6. The highest BCUT2D eigenvalue weighted by molar-refractivity contribution is 14.0. The molecule has 5 heteroatoms. The highest BCUT2D eigenvalue weighted by Gasteiger charge is 2.20. The van der Waals surface area contributed by atoms with Gasteiger partial charge in [-0.25, -0.2) is 4.39 Å². The van der Waals surface area contributed by atoms with Gasteiger partial charge in [0.2, 0.25) is 0 Å². The lowest BCUT2D eigenvalue weighted by Gasteiger charge is -2.26. The molecule has 2 N–H and O–H groups in total. The van der Waals surface area contributed by atoms with Gasteiger partial charge in [0.1, 0.15) is 5.82 Å². The van der Waals surface area contributed by atoms with Crippen molar-refractivity contribution in [2.45, 2.75) is 19.3 Å². The molecule has 0 bridgehead atoms. The second-order valence-corrected chi connectivity index (χ2v) is 4.57. The molecule has 1 aromatic carbocycles. The smallest absolute Gasteiger partial charge is 0.190 e. The number of nitrogens with one attached hydrogen (secondary N) is 2. The van der Waals surface area contributed by atoms with Crippen molar-refractivity contribution in [3.05, 3.63) is 35.6 Å². The minimum atomic E-state index is -0.205. The maximum atomic E-state index is 12.9. The zero-order chi connectivity index (χ0) is 12.9. The van der Waals surface area contributed by atoms with Crippen LogP contribution in [0.15, 0.2) is 29.3 Å². The fraction of sp³-hybridized carbons (Fsp3) is 0.462. The topological polar surface area (TPSA) is 36.4 Å². The Hall–Kier alpha value is -0.850. The third kappa shape index (κ3) is 4.80. The van der Waals surface area contributed by atoms with E-state index in [1.54, 1.807) is 7.05 Å². The van der Waals surface area contributed by atoms with Crippen LogP contribution >= 0.6 is 24.0 Å². The Kier molecular flexibility index (Phi) is 7.20. The van der Waals surface area contributed by atoms with Crippen LogP contribution in [0.3, 0.4) is 0 Å². The summed E-state index contributed by atoms with van der Waals surface area (Å²) in [5, 5.41) is 6.18. The predicted molar refractivity (Wildman–Crippen MR) is 85.3 cm³/mol. The standard InChI is InChI=1S/C13H20FN3.HI/c1-13(2,9-17-12(15-3)16-4)10-5-7-11(14)8-6-10;/h5-8H,9H2,1-4H3,(H2,15,16,17);1H. The first kappa shape index (κ1) is 17.2. The molecule has 3 nitrogen and oxygen atoms in total. The van der Waals surface area contributed by atoms with E-state index in [-0.39, 0.29) is 35.2 Å². The number of hydrogen-bond acceptors (Lipinski definition) is 1. The number of halogens is 2. The van der Waals surface area contributed by atoms with Gasteiger partial charge in [0.05, 0.1) is 0 Å². The molecule has 0 unspecified atom stereocenters. The van der Waals surface area contributed by atoms with Crippen LogP contribution in [0.4, 0.5) is 4.39 Å². The quantitative estimate of drug-likeness (QED) is 0.491. The van der Waals surface area contributed by atoms with Crippen molar-refractivity contribution in [2.75, 3.05) is 20.6 Å². The molecule has 0 amide bonds. The Morgan fingerprint density at radius 3 is 2.28 bits per heavy atom. The maximum Gasteiger partial charge on any atom is 0.190 e. The summed E-state index contributed by atoms with van der Waals surface area (Å²) in [6.07, 6.45) is 0. The minimum absolute atomic E-state index is 0. The van der Waals surface area contributed by atoms with Gasteiger partial charge in [-0.15, -0.1) is 24.0 Å². The Labute approximate surface area is 125 Å². The average molecular weight is 365 g/mol. The number of aliphatic imine (C=N–C) groups is 1. The summed E-state index contributed by atoms with van der Waals surface area (Å²) in [5.41, 5.74) is 1.01. The molecule has 1 aromatic rings. The molecule has 0 aromatic heterocycles. The van der Waals surface area contributed by atoms with E-state index in [0.717, 1.165) is 18.1 Å². The van der Waals surface area contributed by atoms with Crippen molar-refractivity contribution in [2.24, 2.45) is 4.99 Å². The normalized spacial score (nSPS) is 11.7. The summed E-state index contributed by atoms with van der Waals surface area (Å²) in [6.45, 7) is 4.94. The van der Waals surface area contributed by atoms with Crippen LogP contribution < -0.4 is 10.6 Å². The first-order chi connectivity index (χ1) is 7.99. The molecule has 0 radical (unpaired) electrons. The third-order valence-corrected chi connectivity index (χ3v) is 2.78. The average Bonchev–Trinajstić information content (AvgIpc) is 2.31. The lowest BCUT2D eigenvalue weighted by atomic mass is 9.84. The number of nitrogens with zero attached hydrogens (tertiary/aromatic N) is 1. The monoisotopic (exact) mass is 365 g/mol. The molecule has 0 spiro atoms. The van der Waals surface area contributed by atoms with Crippen LogP contribution in [-0.4, -0.2) is 26.6 Å². The molecule has 0 heterocycles. The summed E-state index contributed by atoms with van der Waals surface area (Å²) in [5.74, 6) is 0.545. The largest absolute Gasteiger partial charge is 0.359 e. The summed E-state index contributed by atoms with van der Waals surface area (Å²) >= 11 is 0. The molecule has 102 valence electrons. The number of guanidine groups is 1. The van der Waals surface area contributed by atoms with Crippen molar-refractivity contribution in [3.8, 4) is 0 Å². The van der Waals surface area contributed by atoms with E-state index in [4.69, 9.17) is 0 Å². The van der Waals surface area contributed by atoms with E-state index in [2.05, 4.69) is 29.5 Å².